The van der Waals surface area contributed by atoms with Crippen molar-refractivity contribution >= 4 is 0 Å². The normalized spacial score (nSPS) is 18.1. The van der Waals surface area contributed by atoms with Gasteiger partial charge in [0.25, 0.3) is 5.56 Å². The van der Waals surface area contributed by atoms with Crippen LogP contribution in [0.5, 0.6) is 0 Å². The van der Waals surface area contributed by atoms with E-state index >= 15 is 0 Å². The predicted molar refractivity (Wildman–Crippen MR) is 73.9 cm³/mol. The van der Waals surface area contributed by atoms with E-state index in [1.165, 1.54) is 32.1 Å². The van der Waals surface area contributed by atoms with Crippen molar-refractivity contribution < 1.29 is 9.13 Å². The average molecular weight is 283 g/mol. The number of rotatable bonds is 6. The zero-order valence-corrected chi connectivity index (χ0v) is 11.8. The Morgan fingerprint density at radius 1 is 1.50 bits per heavy atom. The third-order valence-corrected chi connectivity index (χ3v) is 3.54. The van der Waals surface area contributed by atoms with Crippen molar-refractivity contribution in [2.24, 2.45) is 0 Å². The highest BCUT2D eigenvalue weighted by molar-refractivity contribution is 4.90. The second-order valence-electron chi connectivity index (χ2n) is 5.42. The van der Waals surface area contributed by atoms with Crippen LogP contribution in [0.3, 0.4) is 0 Å². The summed E-state index contributed by atoms with van der Waals surface area (Å²) < 4.78 is 18.3. The Morgan fingerprint density at radius 2 is 2.25 bits per heavy atom. The first-order valence-corrected chi connectivity index (χ1v) is 7.22. The van der Waals surface area contributed by atoms with E-state index in [1.54, 1.807) is 0 Å². The van der Waals surface area contributed by atoms with Crippen LogP contribution in [0.25, 0.3) is 0 Å². The topological polar surface area (TPSA) is 67.0 Å². The number of nitrogens with zero attached hydrogens (tertiary/aromatic N) is 1. The van der Waals surface area contributed by atoms with Gasteiger partial charge >= 0.3 is 0 Å². The Morgan fingerprint density at radius 3 is 2.95 bits per heavy atom. The number of hydrogen-bond donors (Lipinski definition) is 2. The van der Waals surface area contributed by atoms with Crippen LogP contribution >= 0.6 is 0 Å². The Bertz CT molecular complexity index is 472. The molecule has 1 heterocycles. The molecular formula is C14H22FN3O2. The van der Waals surface area contributed by atoms with Crippen molar-refractivity contribution in [2.75, 3.05) is 6.61 Å². The molecule has 112 valence electrons. The van der Waals surface area contributed by atoms with E-state index in [4.69, 9.17) is 4.74 Å². The summed E-state index contributed by atoms with van der Waals surface area (Å²) in [5.41, 5.74) is -0.757. The smallest absolute Gasteiger partial charge is 0.287 e. The Hall–Kier alpha value is -1.27. The van der Waals surface area contributed by atoms with Crippen LogP contribution in [-0.4, -0.2) is 28.7 Å². The maximum absolute atomic E-state index is 12.8. The van der Waals surface area contributed by atoms with Crippen LogP contribution in [0.1, 0.15) is 44.9 Å². The van der Waals surface area contributed by atoms with Gasteiger partial charge in [0.2, 0.25) is 5.82 Å². The van der Waals surface area contributed by atoms with Gasteiger partial charge in [-0.15, -0.1) is 0 Å². The molecule has 0 bridgehead atoms. The molecule has 2 rings (SSSR count). The molecule has 6 heteroatoms. The summed E-state index contributed by atoms with van der Waals surface area (Å²) >= 11 is 0. The standard InChI is InChI=1S/C14H22FN3O2/c1-10(17-11-5-3-2-4-6-11)8-20-9-13-16-7-12(15)14(19)18-13/h7,10-11,17H,2-6,8-9H2,1H3,(H,16,18,19). The number of hydrogen-bond acceptors (Lipinski definition) is 4. The molecule has 1 aromatic heterocycles. The van der Waals surface area contributed by atoms with Gasteiger partial charge in [0, 0.05) is 12.1 Å². The third-order valence-electron chi connectivity index (χ3n) is 3.54. The molecule has 2 N–H and O–H groups in total. The molecule has 0 spiro atoms. The molecule has 0 saturated heterocycles. The van der Waals surface area contributed by atoms with Crippen molar-refractivity contribution in [1.82, 2.24) is 15.3 Å². The van der Waals surface area contributed by atoms with E-state index in [2.05, 4.69) is 22.2 Å². The monoisotopic (exact) mass is 283 g/mol. The molecule has 1 atom stereocenters. The molecule has 1 aliphatic rings. The van der Waals surface area contributed by atoms with Crippen molar-refractivity contribution in [3.05, 3.63) is 28.2 Å². The van der Waals surface area contributed by atoms with Crippen LogP contribution in [0.4, 0.5) is 4.39 Å². The highest BCUT2D eigenvalue weighted by Gasteiger charge is 2.15. The Labute approximate surface area is 118 Å². The van der Waals surface area contributed by atoms with E-state index in [0.717, 1.165) is 6.20 Å². The second kappa shape index (κ2) is 7.50. The van der Waals surface area contributed by atoms with E-state index < -0.39 is 11.4 Å². The fourth-order valence-electron chi connectivity index (χ4n) is 2.54. The lowest BCUT2D eigenvalue weighted by atomic mass is 9.95. The molecule has 1 aromatic rings. The molecule has 0 aliphatic heterocycles. The van der Waals surface area contributed by atoms with Gasteiger partial charge in [0.15, 0.2) is 0 Å². The molecule has 1 aliphatic carbocycles. The number of nitrogens with one attached hydrogen (secondary N) is 2. The third kappa shape index (κ3) is 4.68. The summed E-state index contributed by atoms with van der Waals surface area (Å²) in [7, 11) is 0. The lowest BCUT2D eigenvalue weighted by Crippen LogP contribution is -2.40. The summed E-state index contributed by atoms with van der Waals surface area (Å²) in [5.74, 6) is -0.526. The second-order valence-corrected chi connectivity index (χ2v) is 5.42. The Balaban J connectivity index is 1.69. The maximum Gasteiger partial charge on any atom is 0.287 e. The number of aromatic amines is 1. The largest absolute Gasteiger partial charge is 0.372 e. The van der Waals surface area contributed by atoms with Gasteiger partial charge in [-0.1, -0.05) is 19.3 Å². The van der Waals surface area contributed by atoms with Gasteiger partial charge in [-0.2, -0.15) is 4.39 Å². The zero-order valence-electron chi connectivity index (χ0n) is 11.8. The van der Waals surface area contributed by atoms with Gasteiger partial charge in [0.1, 0.15) is 12.4 Å². The maximum atomic E-state index is 12.8. The minimum Gasteiger partial charge on any atom is -0.372 e. The molecule has 20 heavy (non-hydrogen) atoms. The molecular weight excluding hydrogens is 261 g/mol. The van der Waals surface area contributed by atoms with Crippen molar-refractivity contribution in [3.63, 3.8) is 0 Å². The van der Waals surface area contributed by atoms with E-state index in [0.29, 0.717) is 18.5 Å². The van der Waals surface area contributed by atoms with Crippen LogP contribution in [0.2, 0.25) is 0 Å². The highest BCUT2D eigenvalue weighted by atomic mass is 19.1. The van der Waals surface area contributed by atoms with E-state index in [9.17, 15) is 9.18 Å². The number of halogens is 1. The lowest BCUT2D eigenvalue weighted by molar-refractivity contribution is 0.0926. The van der Waals surface area contributed by atoms with Crippen LogP contribution in [0, 0.1) is 5.82 Å². The Kier molecular flexibility index (Phi) is 5.67. The van der Waals surface area contributed by atoms with Gasteiger partial charge in [0.05, 0.1) is 12.8 Å². The summed E-state index contributed by atoms with van der Waals surface area (Å²) in [4.78, 5) is 17.2. The van der Waals surface area contributed by atoms with Crippen LogP contribution < -0.4 is 10.9 Å². The minimum atomic E-state index is -0.874. The van der Waals surface area contributed by atoms with E-state index in [-0.39, 0.29) is 12.6 Å². The van der Waals surface area contributed by atoms with Gasteiger partial charge in [-0.25, -0.2) is 4.98 Å². The molecule has 0 amide bonds. The van der Waals surface area contributed by atoms with Crippen molar-refractivity contribution in [3.8, 4) is 0 Å². The summed E-state index contributed by atoms with van der Waals surface area (Å²) in [5, 5.41) is 3.55. The first-order chi connectivity index (χ1) is 9.65. The first-order valence-electron chi connectivity index (χ1n) is 7.22. The summed E-state index contributed by atoms with van der Waals surface area (Å²) in [6.45, 7) is 2.80. The SMILES string of the molecule is CC(COCc1ncc(F)c(=O)[nH]1)NC1CCCCC1. The van der Waals surface area contributed by atoms with Gasteiger partial charge < -0.3 is 15.0 Å². The molecule has 1 unspecified atom stereocenters. The van der Waals surface area contributed by atoms with Crippen molar-refractivity contribution in [2.45, 2.75) is 57.7 Å². The van der Waals surface area contributed by atoms with Gasteiger partial charge in [-0.05, 0) is 19.8 Å². The fraction of sp³-hybridized carbons (Fsp3) is 0.714. The highest BCUT2D eigenvalue weighted by Crippen LogP contribution is 2.17. The number of ether oxygens (including phenoxy) is 1. The predicted octanol–water partition coefficient (Wildman–Crippen LogP) is 1.74. The first kappa shape index (κ1) is 15.1. The number of aromatic nitrogens is 2. The number of H-pyrrole nitrogens is 1. The molecule has 0 aromatic carbocycles. The van der Waals surface area contributed by atoms with Crippen LogP contribution in [0.15, 0.2) is 11.0 Å². The molecule has 5 nitrogen and oxygen atoms in total. The van der Waals surface area contributed by atoms with Crippen molar-refractivity contribution in [1.29, 1.82) is 0 Å². The summed E-state index contributed by atoms with van der Waals surface area (Å²) in [6.07, 6.45) is 7.32. The van der Waals surface area contributed by atoms with E-state index in [1.807, 2.05) is 0 Å². The molecule has 0 radical (unpaired) electrons. The van der Waals surface area contributed by atoms with Crippen LogP contribution in [-0.2, 0) is 11.3 Å². The summed E-state index contributed by atoms with van der Waals surface area (Å²) in [6, 6.07) is 0.844. The lowest BCUT2D eigenvalue weighted by Gasteiger charge is -2.26. The minimum absolute atomic E-state index is 0.187. The fourth-order valence-corrected chi connectivity index (χ4v) is 2.54. The quantitative estimate of drug-likeness (QED) is 0.834. The zero-order chi connectivity index (χ0) is 14.4. The van der Waals surface area contributed by atoms with Gasteiger partial charge in [-0.3, -0.25) is 4.79 Å². The molecule has 1 fully saturated rings. The molecule has 1 saturated carbocycles. The average Bonchev–Trinajstić information content (AvgIpc) is 2.44.